The van der Waals surface area contributed by atoms with Crippen molar-refractivity contribution in [1.82, 2.24) is 9.97 Å². The molecule has 1 heterocycles. The van der Waals surface area contributed by atoms with Gasteiger partial charge in [-0.05, 0) is 59.2 Å². The summed E-state index contributed by atoms with van der Waals surface area (Å²) in [6.45, 7) is 4.69. The molecule has 3 aromatic rings. The molecule has 0 aliphatic heterocycles. The van der Waals surface area contributed by atoms with Crippen LogP contribution in [0.3, 0.4) is 0 Å². The van der Waals surface area contributed by atoms with Crippen molar-refractivity contribution in [2.75, 3.05) is 11.9 Å². The van der Waals surface area contributed by atoms with Crippen LogP contribution in [0.4, 0.5) is 11.6 Å². The largest absolute Gasteiger partial charge is 0.396 e. The van der Waals surface area contributed by atoms with Crippen LogP contribution in [0.2, 0.25) is 0 Å². The number of rotatable bonds is 4. The molecule has 2 N–H and O–H groups in total. The Bertz CT molecular complexity index is 983. The maximum Gasteiger partial charge on any atom is 0.227 e. The van der Waals surface area contributed by atoms with Crippen LogP contribution >= 0.6 is 15.9 Å². The van der Waals surface area contributed by atoms with Gasteiger partial charge in [0, 0.05) is 28.5 Å². The SMILES string of the molecule is CC1(C)Cc2cnc(Nc3ccc(CCO)cc3)nc2-c2cc(Br)ccc21. The van der Waals surface area contributed by atoms with Gasteiger partial charge in [0.25, 0.3) is 0 Å². The molecule has 138 valence electrons. The normalized spacial score (nSPS) is 14.4. The molecule has 27 heavy (non-hydrogen) atoms. The van der Waals surface area contributed by atoms with E-state index in [1.54, 1.807) is 0 Å². The molecule has 4 rings (SSSR count). The van der Waals surface area contributed by atoms with Crippen LogP contribution in [0.1, 0.15) is 30.5 Å². The van der Waals surface area contributed by atoms with E-state index >= 15 is 0 Å². The Labute approximate surface area is 167 Å². The third-order valence-corrected chi connectivity index (χ3v) is 5.57. The Morgan fingerprint density at radius 2 is 1.93 bits per heavy atom. The quantitative estimate of drug-likeness (QED) is 0.618. The topological polar surface area (TPSA) is 58.0 Å². The minimum absolute atomic E-state index is 0.0594. The van der Waals surface area contributed by atoms with Crippen LogP contribution in [0, 0.1) is 0 Å². The van der Waals surface area contributed by atoms with E-state index < -0.39 is 0 Å². The molecule has 0 fully saturated rings. The fraction of sp³-hybridized carbons (Fsp3) is 0.273. The van der Waals surface area contributed by atoms with Crippen molar-refractivity contribution < 1.29 is 5.11 Å². The lowest BCUT2D eigenvalue weighted by Crippen LogP contribution is -2.26. The van der Waals surface area contributed by atoms with E-state index in [9.17, 15) is 0 Å². The first-order valence-corrected chi connectivity index (χ1v) is 9.89. The number of aliphatic hydroxyl groups is 1. The van der Waals surface area contributed by atoms with Gasteiger partial charge in [0.1, 0.15) is 0 Å². The van der Waals surface area contributed by atoms with Gasteiger partial charge in [-0.25, -0.2) is 9.97 Å². The molecule has 5 heteroatoms. The van der Waals surface area contributed by atoms with Crippen LogP contribution in [-0.2, 0) is 18.3 Å². The highest BCUT2D eigenvalue weighted by Crippen LogP contribution is 2.43. The van der Waals surface area contributed by atoms with Crippen molar-refractivity contribution in [1.29, 1.82) is 0 Å². The molecule has 4 nitrogen and oxygen atoms in total. The average Bonchev–Trinajstić information content (AvgIpc) is 2.64. The summed E-state index contributed by atoms with van der Waals surface area (Å²) >= 11 is 3.59. The highest BCUT2D eigenvalue weighted by Gasteiger charge is 2.32. The van der Waals surface area contributed by atoms with Crippen molar-refractivity contribution in [2.24, 2.45) is 0 Å². The number of anilines is 2. The molecule has 0 bridgehead atoms. The van der Waals surface area contributed by atoms with Crippen LogP contribution in [0.15, 0.2) is 53.1 Å². The van der Waals surface area contributed by atoms with Crippen LogP contribution < -0.4 is 5.32 Å². The number of halogens is 1. The summed E-state index contributed by atoms with van der Waals surface area (Å²) in [5.41, 5.74) is 6.76. The average molecular weight is 424 g/mol. The number of benzene rings is 2. The zero-order chi connectivity index (χ0) is 19.0. The zero-order valence-electron chi connectivity index (χ0n) is 15.5. The molecule has 0 radical (unpaired) electrons. The van der Waals surface area contributed by atoms with Gasteiger partial charge in [-0.2, -0.15) is 0 Å². The summed E-state index contributed by atoms with van der Waals surface area (Å²) in [5.74, 6) is 0.592. The number of aliphatic hydroxyl groups excluding tert-OH is 1. The van der Waals surface area contributed by atoms with Crippen LogP contribution in [-0.4, -0.2) is 21.7 Å². The molecule has 1 aliphatic carbocycles. The molecule has 0 unspecified atom stereocenters. The molecule has 0 amide bonds. The summed E-state index contributed by atoms with van der Waals surface area (Å²) in [6.07, 6.45) is 3.53. The van der Waals surface area contributed by atoms with E-state index in [1.807, 2.05) is 30.5 Å². The maximum absolute atomic E-state index is 9.03. The Kier molecular flexibility index (Phi) is 4.74. The number of hydrogen-bond donors (Lipinski definition) is 2. The van der Waals surface area contributed by atoms with E-state index in [0.29, 0.717) is 12.4 Å². The maximum atomic E-state index is 9.03. The molecular weight excluding hydrogens is 402 g/mol. The predicted octanol–water partition coefficient (Wildman–Crippen LogP) is 5.02. The van der Waals surface area contributed by atoms with Crippen molar-refractivity contribution in [3.63, 3.8) is 0 Å². The van der Waals surface area contributed by atoms with Gasteiger partial charge in [0.15, 0.2) is 0 Å². The third kappa shape index (κ3) is 3.62. The van der Waals surface area contributed by atoms with Crippen LogP contribution in [0.25, 0.3) is 11.3 Å². The first-order valence-electron chi connectivity index (χ1n) is 9.09. The molecule has 0 spiro atoms. The number of nitrogens with one attached hydrogen (secondary N) is 1. The monoisotopic (exact) mass is 423 g/mol. The van der Waals surface area contributed by atoms with E-state index in [4.69, 9.17) is 10.1 Å². The molecule has 0 atom stereocenters. The zero-order valence-corrected chi connectivity index (χ0v) is 17.0. The molecule has 2 aromatic carbocycles. The Balaban J connectivity index is 1.69. The third-order valence-electron chi connectivity index (χ3n) is 5.07. The number of fused-ring (bicyclic) bond motifs is 3. The summed E-state index contributed by atoms with van der Waals surface area (Å²) in [5, 5.41) is 12.3. The van der Waals surface area contributed by atoms with Crippen molar-refractivity contribution in [3.05, 3.63) is 69.8 Å². The van der Waals surface area contributed by atoms with E-state index in [0.717, 1.165) is 27.8 Å². The standard InChI is InChI=1S/C22H22BrN3O/c1-22(2)12-15-13-24-21(25-17-6-3-14(4-7-17)9-10-27)26-20(15)18-11-16(23)5-8-19(18)22/h3-8,11,13,27H,9-10,12H2,1-2H3,(H,24,25,26). The van der Waals surface area contributed by atoms with Crippen molar-refractivity contribution in [2.45, 2.75) is 32.1 Å². The van der Waals surface area contributed by atoms with Gasteiger partial charge in [0.2, 0.25) is 5.95 Å². The van der Waals surface area contributed by atoms with Crippen molar-refractivity contribution >= 4 is 27.6 Å². The van der Waals surface area contributed by atoms with Crippen LogP contribution in [0.5, 0.6) is 0 Å². The van der Waals surface area contributed by atoms with Gasteiger partial charge < -0.3 is 10.4 Å². The highest BCUT2D eigenvalue weighted by molar-refractivity contribution is 9.10. The fourth-order valence-electron chi connectivity index (χ4n) is 3.72. The Morgan fingerprint density at radius 3 is 2.67 bits per heavy atom. The van der Waals surface area contributed by atoms with E-state index in [2.05, 4.69) is 58.3 Å². The van der Waals surface area contributed by atoms with E-state index in [1.165, 1.54) is 16.7 Å². The second-order valence-corrected chi connectivity index (χ2v) is 8.53. The summed E-state index contributed by atoms with van der Waals surface area (Å²) in [7, 11) is 0. The van der Waals surface area contributed by atoms with Gasteiger partial charge in [-0.15, -0.1) is 0 Å². The first kappa shape index (κ1) is 18.1. The van der Waals surface area contributed by atoms with E-state index in [-0.39, 0.29) is 12.0 Å². The minimum Gasteiger partial charge on any atom is -0.396 e. The van der Waals surface area contributed by atoms with Gasteiger partial charge in [-0.3, -0.25) is 0 Å². The number of hydrogen-bond acceptors (Lipinski definition) is 4. The molecule has 1 aromatic heterocycles. The van der Waals surface area contributed by atoms with Gasteiger partial charge in [0.05, 0.1) is 5.69 Å². The number of nitrogens with zero attached hydrogens (tertiary/aromatic N) is 2. The van der Waals surface area contributed by atoms with Crippen molar-refractivity contribution in [3.8, 4) is 11.3 Å². The molecule has 1 aliphatic rings. The second-order valence-electron chi connectivity index (χ2n) is 7.61. The number of aromatic nitrogens is 2. The minimum atomic E-state index is 0.0594. The molecule has 0 saturated heterocycles. The Hall–Kier alpha value is -2.24. The first-order chi connectivity index (χ1) is 13.0. The summed E-state index contributed by atoms with van der Waals surface area (Å²) in [4.78, 5) is 9.37. The molecular formula is C22H22BrN3O. The smallest absolute Gasteiger partial charge is 0.227 e. The highest BCUT2D eigenvalue weighted by atomic mass is 79.9. The lowest BCUT2D eigenvalue weighted by atomic mass is 9.72. The summed E-state index contributed by atoms with van der Waals surface area (Å²) < 4.78 is 1.05. The lowest BCUT2D eigenvalue weighted by molar-refractivity contribution is 0.299. The predicted molar refractivity (Wildman–Crippen MR) is 112 cm³/mol. The van der Waals surface area contributed by atoms with Gasteiger partial charge in [-0.1, -0.05) is 48.0 Å². The van der Waals surface area contributed by atoms with Gasteiger partial charge >= 0.3 is 0 Å². The fourth-order valence-corrected chi connectivity index (χ4v) is 4.08. The second kappa shape index (κ2) is 7.06. The lowest BCUT2D eigenvalue weighted by Gasteiger charge is -2.33. The molecule has 0 saturated carbocycles. The Morgan fingerprint density at radius 1 is 1.15 bits per heavy atom. The summed E-state index contributed by atoms with van der Waals surface area (Å²) in [6, 6.07) is 14.4.